The highest BCUT2D eigenvalue weighted by atomic mass is 35.5. The van der Waals surface area contributed by atoms with Gasteiger partial charge < -0.3 is 9.47 Å². The van der Waals surface area contributed by atoms with Crippen LogP contribution in [0.2, 0.25) is 5.02 Å². The van der Waals surface area contributed by atoms with Crippen molar-refractivity contribution in [2.24, 2.45) is 0 Å². The summed E-state index contributed by atoms with van der Waals surface area (Å²) in [6.07, 6.45) is 0. The second-order valence-corrected chi connectivity index (χ2v) is 3.36. The predicted octanol–water partition coefficient (Wildman–Crippen LogP) is 2.19. The molecule has 0 aliphatic heterocycles. The molecule has 1 rings (SSSR count). The zero-order valence-corrected chi connectivity index (χ0v) is 9.29. The highest BCUT2D eigenvalue weighted by Crippen LogP contribution is 2.15. The third kappa shape index (κ3) is 4.00. The fourth-order valence-corrected chi connectivity index (χ4v) is 1.31. The molecule has 4 heteroatoms. The number of carbonyl (C=O) groups excluding carboxylic acids is 1. The molecule has 0 fully saturated rings. The Morgan fingerprint density at radius 2 is 2.07 bits per heavy atom. The first-order valence-electron chi connectivity index (χ1n) is 4.60. The molecule has 3 nitrogen and oxygen atoms in total. The molecule has 0 aliphatic carbocycles. The minimum Gasteiger partial charge on any atom is -0.382 e. The lowest BCUT2D eigenvalue weighted by atomic mass is 10.1. The Bertz CT molecular complexity index is 325. The second-order valence-electron chi connectivity index (χ2n) is 2.95. The lowest BCUT2D eigenvalue weighted by Crippen LogP contribution is -2.12. The highest BCUT2D eigenvalue weighted by molar-refractivity contribution is 6.34. The van der Waals surface area contributed by atoms with Gasteiger partial charge in [0.05, 0.1) is 18.2 Å². The van der Waals surface area contributed by atoms with Crippen molar-refractivity contribution in [2.45, 2.75) is 0 Å². The van der Waals surface area contributed by atoms with Gasteiger partial charge in [0.15, 0.2) is 5.78 Å². The summed E-state index contributed by atoms with van der Waals surface area (Å²) in [7, 11) is 1.58. The molecule has 0 aliphatic rings. The van der Waals surface area contributed by atoms with E-state index in [1.165, 1.54) is 0 Å². The van der Waals surface area contributed by atoms with Gasteiger partial charge in [0.25, 0.3) is 0 Å². The monoisotopic (exact) mass is 228 g/mol. The third-order valence-electron chi connectivity index (χ3n) is 1.84. The summed E-state index contributed by atoms with van der Waals surface area (Å²) in [6, 6.07) is 6.92. The molecule has 1 aromatic carbocycles. The number of Topliss-reactive ketones (excluding diaryl/α,β-unsaturated/α-hetero) is 1. The largest absolute Gasteiger partial charge is 0.382 e. The third-order valence-corrected chi connectivity index (χ3v) is 2.17. The fraction of sp³-hybridized carbons (Fsp3) is 0.364. The Hall–Kier alpha value is -0.900. The van der Waals surface area contributed by atoms with E-state index >= 15 is 0 Å². The minimum absolute atomic E-state index is 0.0348. The summed E-state index contributed by atoms with van der Waals surface area (Å²) < 4.78 is 9.90. The molecule has 0 spiro atoms. The predicted molar refractivity (Wildman–Crippen MR) is 58.5 cm³/mol. The lowest BCUT2D eigenvalue weighted by Gasteiger charge is -2.04. The highest BCUT2D eigenvalue weighted by Gasteiger charge is 2.08. The van der Waals surface area contributed by atoms with E-state index in [9.17, 15) is 4.79 Å². The van der Waals surface area contributed by atoms with Crippen molar-refractivity contribution in [2.75, 3.05) is 26.9 Å². The molecule has 15 heavy (non-hydrogen) atoms. The normalized spacial score (nSPS) is 10.3. The lowest BCUT2D eigenvalue weighted by molar-refractivity contribution is 0.0577. The van der Waals surface area contributed by atoms with Gasteiger partial charge in [0.1, 0.15) is 6.61 Å². The van der Waals surface area contributed by atoms with Gasteiger partial charge in [-0.15, -0.1) is 0 Å². The van der Waals surface area contributed by atoms with Crippen molar-refractivity contribution in [3.05, 3.63) is 34.9 Å². The number of halogens is 1. The summed E-state index contributed by atoms with van der Waals surface area (Å²) in [4.78, 5) is 11.6. The zero-order chi connectivity index (χ0) is 11.1. The SMILES string of the molecule is COCCOCC(=O)c1ccccc1Cl. The zero-order valence-electron chi connectivity index (χ0n) is 8.53. The van der Waals surface area contributed by atoms with Gasteiger partial charge in [-0.05, 0) is 12.1 Å². The fourth-order valence-electron chi connectivity index (χ4n) is 1.07. The van der Waals surface area contributed by atoms with Crippen LogP contribution < -0.4 is 0 Å². The quantitative estimate of drug-likeness (QED) is 0.553. The Balaban J connectivity index is 2.44. The van der Waals surface area contributed by atoms with Crippen LogP contribution in [0.1, 0.15) is 10.4 Å². The minimum atomic E-state index is -0.114. The molecule has 0 unspecified atom stereocenters. The van der Waals surface area contributed by atoms with E-state index < -0.39 is 0 Å². The van der Waals surface area contributed by atoms with Crippen LogP contribution in [0.4, 0.5) is 0 Å². The van der Waals surface area contributed by atoms with Gasteiger partial charge in [-0.2, -0.15) is 0 Å². The van der Waals surface area contributed by atoms with Gasteiger partial charge in [-0.3, -0.25) is 4.79 Å². The Morgan fingerprint density at radius 1 is 1.33 bits per heavy atom. The molecular weight excluding hydrogens is 216 g/mol. The summed E-state index contributed by atoms with van der Waals surface area (Å²) in [6.45, 7) is 0.926. The smallest absolute Gasteiger partial charge is 0.189 e. The molecule has 0 N–H and O–H groups in total. The van der Waals surface area contributed by atoms with Crippen molar-refractivity contribution in [1.29, 1.82) is 0 Å². The van der Waals surface area contributed by atoms with Crippen LogP contribution in [0.3, 0.4) is 0 Å². The van der Waals surface area contributed by atoms with Gasteiger partial charge in [-0.1, -0.05) is 23.7 Å². The first-order chi connectivity index (χ1) is 7.25. The Kier molecular flexibility index (Phi) is 5.32. The van der Waals surface area contributed by atoms with E-state index in [0.29, 0.717) is 23.8 Å². The van der Waals surface area contributed by atoms with E-state index in [-0.39, 0.29) is 12.4 Å². The van der Waals surface area contributed by atoms with Gasteiger partial charge in [0, 0.05) is 12.7 Å². The number of ether oxygens (including phenoxy) is 2. The number of hydrogen-bond donors (Lipinski definition) is 0. The van der Waals surface area contributed by atoms with Gasteiger partial charge in [-0.25, -0.2) is 0 Å². The van der Waals surface area contributed by atoms with Crippen LogP contribution in [-0.2, 0) is 9.47 Å². The van der Waals surface area contributed by atoms with E-state index in [2.05, 4.69) is 0 Å². The van der Waals surface area contributed by atoms with Crippen molar-refractivity contribution in [1.82, 2.24) is 0 Å². The van der Waals surface area contributed by atoms with Crippen LogP contribution in [0, 0.1) is 0 Å². The molecule has 0 heterocycles. The maximum absolute atomic E-state index is 11.6. The van der Waals surface area contributed by atoms with Crippen molar-refractivity contribution >= 4 is 17.4 Å². The molecule has 0 saturated heterocycles. The molecule has 0 amide bonds. The summed E-state index contributed by atoms with van der Waals surface area (Å²) >= 11 is 5.86. The van der Waals surface area contributed by atoms with Crippen LogP contribution in [-0.4, -0.2) is 32.7 Å². The molecule has 1 aromatic rings. The van der Waals surface area contributed by atoms with Crippen molar-refractivity contribution < 1.29 is 14.3 Å². The van der Waals surface area contributed by atoms with E-state index in [4.69, 9.17) is 21.1 Å². The average Bonchev–Trinajstić information content (AvgIpc) is 2.25. The molecular formula is C11H13ClO3. The van der Waals surface area contributed by atoms with Gasteiger partial charge in [0.2, 0.25) is 0 Å². The summed E-state index contributed by atoms with van der Waals surface area (Å²) in [5.74, 6) is -0.114. The molecule has 0 saturated carbocycles. The number of rotatable bonds is 6. The maximum atomic E-state index is 11.6. The first-order valence-corrected chi connectivity index (χ1v) is 4.98. The Morgan fingerprint density at radius 3 is 2.73 bits per heavy atom. The summed E-state index contributed by atoms with van der Waals surface area (Å²) in [5.41, 5.74) is 0.497. The van der Waals surface area contributed by atoms with Crippen LogP contribution in [0.25, 0.3) is 0 Å². The molecule has 0 atom stereocenters. The van der Waals surface area contributed by atoms with Crippen LogP contribution >= 0.6 is 11.6 Å². The van der Waals surface area contributed by atoms with Gasteiger partial charge >= 0.3 is 0 Å². The number of carbonyl (C=O) groups is 1. The van der Waals surface area contributed by atoms with Crippen LogP contribution in [0.5, 0.6) is 0 Å². The molecule has 0 radical (unpaired) electrons. The first kappa shape index (κ1) is 12.2. The summed E-state index contributed by atoms with van der Waals surface area (Å²) in [5, 5.41) is 0.456. The molecule has 82 valence electrons. The standard InChI is InChI=1S/C11H13ClO3/c1-14-6-7-15-8-11(13)9-4-2-3-5-10(9)12/h2-5H,6-8H2,1H3. The average molecular weight is 229 g/mol. The van der Waals surface area contributed by atoms with Crippen molar-refractivity contribution in [3.63, 3.8) is 0 Å². The van der Waals surface area contributed by atoms with E-state index in [0.717, 1.165) is 0 Å². The molecule has 0 bridgehead atoms. The number of methoxy groups -OCH3 is 1. The van der Waals surface area contributed by atoms with Crippen molar-refractivity contribution in [3.8, 4) is 0 Å². The number of ketones is 1. The number of benzene rings is 1. The van der Waals surface area contributed by atoms with Crippen LogP contribution in [0.15, 0.2) is 24.3 Å². The second kappa shape index (κ2) is 6.56. The molecule has 0 aromatic heterocycles. The maximum Gasteiger partial charge on any atom is 0.189 e. The number of hydrogen-bond acceptors (Lipinski definition) is 3. The topological polar surface area (TPSA) is 35.5 Å². The van der Waals surface area contributed by atoms with E-state index in [1.54, 1.807) is 31.4 Å². The van der Waals surface area contributed by atoms with E-state index in [1.807, 2.05) is 0 Å². The Labute approximate surface area is 93.9 Å².